The van der Waals surface area contributed by atoms with Crippen LogP contribution in [0.5, 0.6) is 0 Å². The highest BCUT2D eigenvalue weighted by molar-refractivity contribution is 5.92. The molecule has 0 radical (unpaired) electrons. The molecule has 6 nitrogen and oxygen atoms in total. The van der Waals surface area contributed by atoms with Crippen LogP contribution < -0.4 is 16.1 Å². The molecule has 0 bridgehead atoms. The van der Waals surface area contributed by atoms with Gasteiger partial charge in [0, 0.05) is 28.8 Å². The van der Waals surface area contributed by atoms with Crippen LogP contribution in [0.3, 0.4) is 0 Å². The van der Waals surface area contributed by atoms with E-state index in [0.717, 1.165) is 70.7 Å². The van der Waals surface area contributed by atoms with E-state index in [1.807, 2.05) is 12.3 Å². The van der Waals surface area contributed by atoms with Crippen molar-refractivity contribution in [3.05, 3.63) is 88.6 Å². The molecule has 4 N–H and O–H groups in total. The van der Waals surface area contributed by atoms with Crippen LogP contribution in [0, 0.1) is 0 Å². The highest BCUT2D eigenvalue weighted by atomic mass is 16.1. The molecule has 2 unspecified atom stereocenters. The maximum Gasteiger partial charge on any atom is 0.189 e. The third-order valence-corrected chi connectivity index (χ3v) is 8.01. The molecule has 6 heteroatoms. The molecular formula is C31H31N5O. The number of aromatic nitrogens is 3. The number of nitrogens with zero attached hydrogens (tertiary/aromatic N) is 1. The Hall–Kier alpha value is -3.74. The summed E-state index contributed by atoms with van der Waals surface area (Å²) in [5, 5.41) is 10.2. The normalized spacial score (nSPS) is 20.1. The molecule has 5 aromatic rings. The third-order valence-electron chi connectivity index (χ3n) is 8.01. The Labute approximate surface area is 215 Å². The van der Waals surface area contributed by atoms with Gasteiger partial charge in [0.15, 0.2) is 5.43 Å². The summed E-state index contributed by atoms with van der Waals surface area (Å²) in [6.07, 6.45) is 7.72. The van der Waals surface area contributed by atoms with Gasteiger partial charge in [-0.25, -0.2) is 4.98 Å². The summed E-state index contributed by atoms with van der Waals surface area (Å²) in [6, 6.07) is 21.6. The van der Waals surface area contributed by atoms with E-state index in [1.54, 1.807) is 6.07 Å². The van der Waals surface area contributed by atoms with Gasteiger partial charge in [-0.05, 0) is 84.9 Å². The van der Waals surface area contributed by atoms with E-state index in [4.69, 9.17) is 0 Å². The third kappa shape index (κ3) is 4.26. The number of imidazole rings is 1. The lowest BCUT2D eigenvalue weighted by atomic mass is 9.97. The first-order chi connectivity index (χ1) is 18.2. The van der Waals surface area contributed by atoms with Crippen LogP contribution in [0.1, 0.15) is 55.7 Å². The van der Waals surface area contributed by atoms with Crippen LogP contribution in [0.2, 0.25) is 0 Å². The molecule has 7 rings (SSSR count). The molecule has 0 aliphatic carbocycles. The van der Waals surface area contributed by atoms with Crippen molar-refractivity contribution in [2.45, 2.75) is 44.2 Å². The van der Waals surface area contributed by atoms with E-state index >= 15 is 0 Å². The van der Waals surface area contributed by atoms with E-state index < -0.39 is 0 Å². The fourth-order valence-corrected chi connectivity index (χ4v) is 5.93. The van der Waals surface area contributed by atoms with Gasteiger partial charge >= 0.3 is 0 Å². The van der Waals surface area contributed by atoms with Crippen LogP contribution in [-0.2, 0) is 0 Å². The molecule has 2 aliphatic heterocycles. The Bertz CT molecular complexity index is 1650. The molecule has 0 spiro atoms. The van der Waals surface area contributed by atoms with Crippen LogP contribution in [0.4, 0.5) is 0 Å². The fraction of sp³-hybridized carbons (Fsp3) is 0.290. The summed E-state index contributed by atoms with van der Waals surface area (Å²) in [4.78, 5) is 24.5. The van der Waals surface area contributed by atoms with Crippen molar-refractivity contribution < 1.29 is 0 Å². The number of rotatable bonds is 4. The summed E-state index contributed by atoms with van der Waals surface area (Å²) in [5.41, 5.74) is 6.41. The van der Waals surface area contributed by atoms with E-state index in [9.17, 15) is 4.79 Å². The zero-order valence-corrected chi connectivity index (χ0v) is 20.8. The second-order valence-electron chi connectivity index (χ2n) is 10.5. The number of piperidine rings is 1. The minimum Gasteiger partial charge on any atom is -0.357 e. The molecule has 37 heavy (non-hydrogen) atoms. The molecule has 2 saturated heterocycles. The summed E-state index contributed by atoms with van der Waals surface area (Å²) >= 11 is 0. The van der Waals surface area contributed by atoms with Crippen molar-refractivity contribution in [2.75, 3.05) is 13.1 Å². The number of fused-ring (bicyclic) bond motifs is 2. The average molecular weight is 490 g/mol. The number of pyridine rings is 1. The molecule has 4 heterocycles. The number of aromatic amines is 2. The molecule has 2 aromatic heterocycles. The van der Waals surface area contributed by atoms with Crippen LogP contribution >= 0.6 is 0 Å². The lowest BCUT2D eigenvalue weighted by molar-refractivity contribution is 0.406. The van der Waals surface area contributed by atoms with Crippen LogP contribution in [0.25, 0.3) is 44.1 Å². The van der Waals surface area contributed by atoms with Crippen molar-refractivity contribution in [3.8, 4) is 22.4 Å². The van der Waals surface area contributed by atoms with Gasteiger partial charge in [0.1, 0.15) is 5.82 Å². The van der Waals surface area contributed by atoms with Gasteiger partial charge in [0.25, 0.3) is 0 Å². The maximum atomic E-state index is 12.8. The largest absolute Gasteiger partial charge is 0.357 e. The summed E-state index contributed by atoms with van der Waals surface area (Å²) in [7, 11) is 0. The van der Waals surface area contributed by atoms with E-state index in [1.165, 1.54) is 30.0 Å². The van der Waals surface area contributed by atoms with Crippen molar-refractivity contribution >= 4 is 21.7 Å². The quantitative estimate of drug-likeness (QED) is 0.250. The average Bonchev–Trinajstić information content (AvgIpc) is 3.65. The predicted molar refractivity (Wildman–Crippen MR) is 150 cm³/mol. The zero-order chi connectivity index (χ0) is 24.8. The van der Waals surface area contributed by atoms with E-state index in [0.29, 0.717) is 6.04 Å². The first-order valence-corrected chi connectivity index (χ1v) is 13.4. The van der Waals surface area contributed by atoms with Gasteiger partial charge in [0.05, 0.1) is 23.4 Å². The summed E-state index contributed by atoms with van der Waals surface area (Å²) < 4.78 is 0. The Balaban J connectivity index is 1.20. The SMILES string of the molecule is O=c1cc(C2CCCCN2)[nH]c2cc(-c3ccc4cc(-c5cnc(C6CCCN6)[nH]5)ccc4c3)ccc12. The maximum absolute atomic E-state index is 12.8. The smallest absolute Gasteiger partial charge is 0.189 e. The number of nitrogens with one attached hydrogen (secondary N) is 4. The van der Waals surface area contributed by atoms with Crippen LogP contribution in [-0.4, -0.2) is 28.0 Å². The second-order valence-corrected chi connectivity index (χ2v) is 10.5. The van der Waals surface area contributed by atoms with E-state index in [2.05, 4.69) is 74.1 Å². The van der Waals surface area contributed by atoms with Gasteiger partial charge in [-0.3, -0.25) is 4.79 Å². The molecule has 2 atom stereocenters. The first-order valence-electron chi connectivity index (χ1n) is 13.4. The molecule has 0 amide bonds. The minimum atomic E-state index is 0.0828. The Kier molecular flexibility index (Phi) is 5.64. The van der Waals surface area contributed by atoms with Gasteiger partial charge in [-0.15, -0.1) is 0 Å². The molecule has 186 valence electrons. The minimum absolute atomic E-state index is 0.0828. The van der Waals surface area contributed by atoms with Crippen molar-refractivity contribution in [1.82, 2.24) is 25.6 Å². The zero-order valence-electron chi connectivity index (χ0n) is 20.8. The highest BCUT2D eigenvalue weighted by Gasteiger charge is 2.19. The second kappa shape index (κ2) is 9.29. The first kappa shape index (κ1) is 22.5. The molecule has 2 aliphatic rings. The number of benzene rings is 3. The summed E-state index contributed by atoms with van der Waals surface area (Å²) in [5.74, 6) is 1.03. The number of hydrogen-bond acceptors (Lipinski definition) is 4. The summed E-state index contributed by atoms with van der Waals surface area (Å²) in [6.45, 7) is 2.06. The lowest BCUT2D eigenvalue weighted by Gasteiger charge is -2.23. The topological polar surface area (TPSA) is 85.6 Å². The van der Waals surface area contributed by atoms with Gasteiger partial charge in [-0.1, -0.05) is 36.8 Å². The number of H-pyrrole nitrogens is 2. The van der Waals surface area contributed by atoms with E-state index in [-0.39, 0.29) is 11.5 Å². The van der Waals surface area contributed by atoms with Gasteiger partial charge < -0.3 is 20.6 Å². The van der Waals surface area contributed by atoms with Crippen molar-refractivity contribution in [2.24, 2.45) is 0 Å². The molecule has 3 aromatic carbocycles. The standard InChI is InChI=1S/C31H31N5O/c37-30-17-28(25-4-1-2-12-32-25)35-27-16-22(10-11-24(27)30)20-6-7-21-15-23(9-8-19(21)14-20)29-18-34-31(36-29)26-5-3-13-33-26/h6-11,14-18,25-26,32-33H,1-5,12-13H2,(H,34,36)(H,35,37). The molecular weight excluding hydrogens is 458 g/mol. The number of hydrogen-bond donors (Lipinski definition) is 4. The van der Waals surface area contributed by atoms with Crippen LogP contribution in [0.15, 0.2) is 71.7 Å². The monoisotopic (exact) mass is 489 g/mol. The van der Waals surface area contributed by atoms with Gasteiger partial charge in [0.2, 0.25) is 0 Å². The van der Waals surface area contributed by atoms with Gasteiger partial charge in [-0.2, -0.15) is 0 Å². The predicted octanol–water partition coefficient (Wildman–Crippen LogP) is 5.98. The Morgan fingerprint density at radius 3 is 2.24 bits per heavy atom. The lowest BCUT2D eigenvalue weighted by Crippen LogP contribution is -2.28. The fourth-order valence-electron chi connectivity index (χ4n) is 5.93. The molecule has 0 saturated carbocycles. The Morgan fingerprint density at radius 1 is 0.703 bits per heavy atom. The Morgan fingerprint density at radius 2 is 1.43 bits per heavy atom. The van der Waals surface area contributed by atoms with Crippen molar-refractivity contribution in [3.63, 3.8) is 0 Å². The molecule has 2 fully saturated rings. The highest BCUT2D eigenvalue weighted by Crippen LogP contribution is 2.31. The van der Waals surface area contributed by atoms with Crippen molar-refractivity contribution in [1.29, 1.82) is 0 Å².